The second kappa shape index (κ2) is 7.57. The maximum Gasteiger partial charge on any atom is 0.316 e. The van der Waals surface area contributed by atoms with Gasteiger partial charge < -0.3 is 32.0 Å². The summed E-state index contributed by atoms with van der Waals surface area (Å²) in [7, 11) is 3.88. The SMILES string of the molecule is CN(C)CCc1c[nH]c(C=C2C(=O)Nc3ccc(NC(N)=O)cc32)c1C(N)=O. The molecule has 0 fully saturated rings. The molecule has 0 saturated heterocycles. The number of carbonyl (C=O) groups is 3. The van der Waals surface area contributed by atoms with Gasteiger partial charge in [-0.2, -0.15) is 0 Å². The van der Waals surface area contributed by atoms with Crippen molar-refractivity contribution in [3.05, 3.63) is 46.8 Å². The molecule has 1 aliphatic heterocycles. The molecule has 2 heterocycles. The molecule has 7 N–H and O–H groups in total. The number of aromatic nitrogens is 1. The van der Waals surface area contributed by atoms with Crippen LogP contribution in [0.3, 0.4) is 0 Å². The Morgan fingerprint density at radius 2 is 2.00 bits per heavy atom. The van der Waals surface area contributed by atoms with E-state index in [1.54, 1.807) is 30.5 Å². The molecule has 1 aliphatic rings. The normalized spacial score (nSPS) is 14.2. The Labute approximate surface area is 161 Å². The summed E-state index contributed by atoms with van der Waals surface area (Å²) in [4.78, 5) is 40.6. The molecule has 0 aliphatic carbocycles. The zero-order valence-corrected chi connectivity index (χ0v) is 15.6. The van der Waals surface area contributed by atoms with Gasteiger partial charge in [-0.3, -0.25) is 9.59 Å². The molecule has 0 saturated carbocycles. The van der Waals surface area contributed by atoms with Crippen LogP contribution in [-0.4, -0.2) is 48.4 Å². The third-order valence-corrected chi connectivity index (χ3v) is 4.43. The molecule has 2 aromatic rings. The summed E-state index contributed by atoms with van der Waals surface area (Å²) in [6.45, 7) is 0.750. The number of nitrogens with zero attached hydrogens (tertiary/aromatic N) is 1. The first-order valence-corrected chi connectivity index (χ1v) is 8.65. The Morgan fingerprint density at radius 1 is 1.25 bits per heavy atom. The molecule has 1 aromatic heterocycles. The fraction of sp³-hybridized carbons (Fsp3) is 0.211. The molecule has 28 heavy (non-hydrogen) atoms. The van der Waals surface area contributed by atoms with E-state index in [1.807, 2.05) is 19.0 Å². The number of urea groups is 1. The first kappa shape index (κ1) is 19.2. The number of likely N-dealkylation sites (N-methyl/N-ethyl adjacent to an activating group) is 1. The fourth-order valence-corrected chi connectivity index (χ4v) is 3.12. The Hall–Kier alpha value is -3.59. The minimum Gasteiger partial charge on any atom is -0.366 e. The average molecular weight is 382 g/mol. The Kier molecular flexibility index (Phi) is 5.18. The van der Waals surface area contributed by atoms with E-state index >= 15 is 0 Å². The summed E-state index contributed by atoms with van der Waals surface area (Å²) in [5.74, 6) is -0.879. The molecule has 4 amide bonds. The van der Waals surface area contributed by atoms with Crippen LogP contribution in [0, 0.1) is 0 Å². The average Bonchev–Trinajstić information content (AvgIpc) is 3.14. The van der Waals surface area contributed by atoms with Crippen LogP contribution in [0.5, 0.6) is 0 Å². The van der Waals surface area contributed by atoms with Crippen molar-refractivity contribution >= 4 is 40.9 Å². The fourth-order valence-electron chi connectivity index (χ4n) is 3.12. The van der Waals surface area contributed by atoms with Gasteiger partial charge in [0.1, 0.15) is 0 Å². The van der Waals surface area contributed by atoms with Crippen molar-refractivity contribution in [1.29, 1.82) is 0 Å². The standard InChI is InChI=1S/C19H22N6O3/c1-25(2)6-5-10-9-22-15(16(10)17(20)26)8-13-12-7-11(23-19(21)28)3-4-14(12)24-18(13)27/h3-4,7-9,22H,5-6H2,1-2H3,(H2,20,26)(H,24,27)(H3,21,23,28). The minimum absolute atomic E-state index is 0.314. The van der Waals surface area contributed by atoms with Gasteiger partial charge in [0, 0.05) is 29.7 Å². The number of benzene rings is 1. The van der Waals surface area contributed by atoms with Crippen LogP contribution >= 0.6 is 0 Å². The Balaban J connectivity index is 2.02. The van der Waals surface area contributed by atoms with Crippen molar-refractivity contribution in [2.75, 3.05) is 31.3 Å². The highest BCUT2D eigenvalue weighted by Gasteiger charge is 2.26. The Bertz CT molecular complexity index is 990. The summed E-state index contributed by atoms with van der Waals surface area (Å²) < 4.78 is 0. The van der Waals surface area contributed by atoms with E-state index in [0.717, 1.165) is 12.1 Å². The van der Waals surface area contributed by atoms with Crippen molar-refractivity contribution in [3.63, 3.8) is 0 Å². The van der Waals surface area contributed by atoms with Crippen LogP contribution in [0.1, 0.15) is 27.2 Å². The van der Waals surface area contributed by atoms with Gasteiger partial charge in [0.25, 0.3) is 11.8 Å². The zero-order chi connectivity index (χ0) is 20.4. The van der Waals surface area contributed by atoms with E-state index in [0.29, 0.717) is 40.2 Å². The van der Waals surface area contributed by atoms with E-state index < -0.39 is 11.9 Å². The van der Waals surface area contributed by atoms with Gasteiger partial charge in [-0.15, -0.1) is 0 Å². The number of nitrogens with one attached hydrogen (secondary N) is 3. The van der Waals surface area contributed by atoms with E-state index in [2.05, 4.69) is 15.6 Å². The highest BCUT2D eigenvalue weighted by Crippen LogP contribution is 2.35. The van der Waals surface area contributed by atoms with Crippen LogP contribution < -0.4 is 22.1 Å². The van der Waals surface area contributed by atoms with Crippen molar-refractivity contribution in [3.8, 4) is 0 Å². The lowest BCUT2D eigenvalue weighted by Crippen LogP contribution is -2.19. The van der Waals surface area contributed by atoms with E-state index in [9.17, 15) is 14.4 Å². The number of hydrogen-bond donors (Lipinski definition) is 5. The van der Waals surface area contributed by atoms with Gasteiger partial charge in [-0.1, -0.05) is 0 Å². The van der Waals surface area contributed by atoms with Gasteiger partial charge >= 0.3 is 6.03 Å². The van der Waals surface area contributed by atoms with Gasteiger partial charge in [0.05, 0.1) is 16.8 Å². The van der Waals surface area contributed by atoms with E-state index in [-0.39, 0.29) is 5.91 Å². The molecule has 1 aromatic carbocycles. The van der Waals surface area contributed by atoms with Gasteiger partial charge in [0.15, 0.2) is 0 Å². The predicted octanol–water partition coefficient (Wildman–Crippen LogP) is 1.20. The van der Waals surface area contributed by atoms with Crippen molar-refractivity contribution in [2.45, 2.75) is 6.42 Å². The van der Waals surface area contributed by atoms with Crippen LogP contribution in [0.2, 0.25) is 0 Å². The number of fused-ring (bicyclic) bond motifs is 1. The monoisotopic (exact) mass is 382 g/mol. The summed E-state index contributed by atoms with van der Waals surface area (Å²) in [6.07, 6.45) is 3.96. The largest absolute Gasteiger partial charge is 0.366 e. The maximum absolute atomic E-state index is 12.4. The lowest BCUT2D eigenvalue weighted by molar-refractivity contribution is -0.110. The smallest absolute Gasteiger partial charge is 0.316 e. The van der Waals surface area contributed by atoms with Crippen LogP contribution in [0.4, 0.5) is 16.2 Å². The van der Waals surface area contributed by atoms with Crippen molar-refractivity contribution < 1.29 is 14.4 Å². The predicted molar refractivity (Wildman–Crippen MR) is 108 cm³/mol. The van der Waals surface area contributed by atoms with Gasteiger partial charge in [0.2, 0.25) is 0 Å². The lowest BCUT2D eigenvalue weighted by Gasteiger charge is -2.09. The van der Waals surface area contributed by atoms with Gasteiger partial charge in [-0.25, -0.2) is 4.79 Å². The molecule has 9 heteroatoms. The molecule has 0 bridgehead atoms. The topological polar surface area (TPSA) is 146 Å². The number of hydrogen-bond acceptors (Lipinski definition) is 4. The minimum atomic E-state index is -0.700. The molecule has 0 unspecified atom stereocenters. The second-order valence-electron chi connectivity index (χ2n) is 6.78. The molecular formula is C19H22N6O3. The number of rotatable bonds is 6. The molecule has 9 nitrogen and oxygen atoms in total. The van der Waals surface area contributed by atoms with Crippen LogP contribution in [0.25, 0.3) is 11.6 Å². The highest BCUT2D eigenvalue weighted by atomic mass is 16.2. The second-order valence-corrected chi connectivity index (χ2v) is 6.78. The number of carbonyl (C=O) groups excluding carboxylic acids is 3. The molecule has 0 spiro atoms. The van der Waals surface area contributed by atoms with Gasteiger partial charge in [-0.05, 0) is 50.4 Å². The number of amides is 4. The van der Waals surface area contributed by atoms with E-state index in [1.165, 1.54) is 0 Å². The number of nitrogens with two attached hydrogens (primary N) is 2. The van der Waals surface area contributed by atoms with E-state index in [4.69, 9.17) is 11.5 Å². The highest BCUT2D eigenvalue weighted by molar-refractivity contribution is 6.35. The van der Waals surface area contributed by atoms with Crippen molar-refractivity contribution in [1.82, 2.24) is 9.88 Å². The summed E-state index contributed by atoms with van der Waals surface area (Å²) in [5, 5.41) is 5.24. The van der Waals surface area contributed by atoms with Crippen LogP contribution in [-0.2, 0) is 11.2 Å². The van der Waals surface area contributed by atoms with Crippen molar-refractivity contribution in [2.24, 2.45) is 11.5 Å². The first-order chi connectivity index (χ1) is 13.3. The zero-order valence-electron chi connectivity index (χ0n) is 15.6. The summed E-state index contributed by atoms with van der Waals surface area (Å²) >= 11 is 0. The quantitative estimate of drug-likeness (QED) is 0.478. The molecule has 0 radical (unpaired) electrons. The molecule has 0 atom stereocenters. The third kappa shape index (κ3) is 3.89. The number of primary amides is 2. The molecule has 146 valence electrons. The number of anilines is 2. The lowest BCUT2D eigenvalue weighted by atomic mass is 10.0. The molecule has 3 rings (SSSR count). The Morgan fingerprint density at radius 3 is 2.64 bits per heavy atom. The summed E-state index contributed by atoms with van der Waals surface area (Å²) in [6, 6.07) is 4.25. The third-order valence-electron chi connectivity index (χ3n) is 4.43. The number of aromatic amines is 1. The summed E-state index contributed by atoms with van der Waals surface area (Å²) in [5.41, 5.74) is 14.4. The van der Waals surface area contributed by atoms with Crippen LogP contribution in [0.15, 0.2) is 24.4 Å². The first-order valence-electron chi connectivity index (χ1n) is 8.65. The maximum atomic E-state index is 12.4. The molecular weight excluding hydrogens is 360 g/mol. The number of H-pyrrole nitrogens is 1.